The summed E-state index contributed by atoms with van der Waals surface area (Å²) in [5.41, 5.74) is 3.23. The first-order valence-electron chi connectivity index (χ1n) is 6.24. The van der Waals surface area contributed by atoms with E-state index >= 15 is 0 Å². The zero-order valence-electron chi connectivity index (χ0n) is 12.0. The lowest BCUT2D eigenvalue weighted by Gasteiger charge is -2.22. The molecular formula is C15H19BrN2O. The number of H-pyrrole nitrogens is 1. The number of rotatable bonds is 2. The smallest absolute Gasteiger partial charge is 0.122 e. The summed E-state index contributed by atoms with van der Waals surface area (Å²) in [6, 6.07) is 6.19. The summed E-state index contributed by atoms with van der Waals surface area (Å²) in [4.78, 5) is 7.68. The summed E-state index contributed by atoms with van der Waals surface area (Å²) in [6.07, 6.45) is 0. The minimum Gasteiger partial charge on any atom is -0.496 e. The molecule has 0 amide bonds. The Labute approximate surface area is 122 Å². The Hall–Kier alpha value is -1.29. The van der Waals surface area contributed by atoms with Gasteiger partial charge in [-0.3, -0.25) is 0 Å². The highest BCUT2D eigenvalue weighted by molar-refractivity contribution is 9.10. The van der Waals surface area contributed by atoms with Gasteiger partial charge in [0, 0.05) is 11.1 Å². The maximum Gasteiger partial charge on any atom is 0.122 e. The van der Waals surface area contributed by atoms with Crippen molar-refractivity contribution in [1.29, 1.82) is 0 Å². The van der Waals surface area contributed by atoms with Gasteiger partial charge in [-0.2, -0.15) is 0 Å². The van der Waals surface area contributed by atoms with Crippen LogP contribution < -0.4 is 4.74 Å². The van der Waals surface area contributed by atoms with Crippen LogP contribution in [0.1, 0.15) is 32.2 Å². The number of aryl methyl sites for hydroxylation is 1. The third kappa shape index (κ3) is 2.84. The Morgan fingerprint density at radius 1 is 1.26 bits per heavy atom. The molecule has 19 heavy (non-hydrogen) atoms. The number of hydrogen-bond donors (Lipinski definition) is 1. The summed E-state index contributed by atoms with van der Waals surface area (Å²) >= 11 is 3.52. The molecule has 4 heteroatoms. The first-order chi connectivity index (χ1) is 8.82. The predicted octanol–water partition coefficient (Wildman–Crippen LogP) is 4.45. The van der Waals surface area contributed by atoms with Gasteiger partial charge in [0.25, 0.3) is 0 Å². The number of nitrogens with one attached hydrogen (secondary N) is 1. The fourth-order valence-electron chi connectivity index (χ4n) is 2.10. The zero-order valence-corrected chi connectivity index (χ0v) is 13.6. The first-order valence-corrected chi connectivity index (χ1v) is 7.03. The van der Waals surface area contributed by atoms with Gasteiger partial charge in [0.15, 0.2) is 0 Å². The van der Waals surface area contributed by atoms with E-state index in [1.807, 2.05) is 19.1 Å². The Kier molecular flexibility index (Phi) is 3.72. The second-order valence-electron chi connectivity index (χ2n) is 5.65. The lowest BCUT2D eigenvalue weighted by Crippen LogP contribution is -2.13. The number of ether oxygens (including phenoxy) is 1. The third-order valence-corrected chi connectivity index (χ3v) is 3.63. The zero-order chi connectivity index (χ0) is 14.2. The average molecular weight is 323 g/mol. The van der Waals surface area contributed by atoms with Crippen LogP contribution in [0, 0.1) is 6.92 Å². The van der Waals surface area contributed by atoms with Crippen LogP contribution in [0.3, 0.4) is 0 Å². The molecule has 1 aromatic heterocycles. The van der Waals surface area contributed by atoms with Gasteiger partial charge in [-0.05, 0) is 46.5 Å². The Morgan fingerprint density at radius 2 is 1.95 bits per heavy atom. The van der Waals surface area contributed by atoms with Gasteiger partial charge in [-0.1, -0.05) is 20.8 Å². The quantitative estimate of drug-likeness (QED) is 0.886. The maximum absolute atomic E-state index is 5.46. The highest BCUT2D eigenvalue weighted by atomic mass is 79.9. The molecular weight excluding hydrogens is 304 g/mol. The van der Waals surface area contributed by atoms with Crippen LogP contribution >= 0.6 is 15.9 Å². The van der Waals surface area contributed by atoms with Gasteiger partial charge in [0.1, 0.15) is 21.9 Å². The van der Waals surface area contributed by atoms with Crippen molar-refractivity contribution >= 4 is 15.9 Å². The standard InChI is InChI=1S/C15H19BrN2O/c1-9-17-13(14(16)18-9)10-6-7-12(19-5)11(8-10)15(2,3)4/h6-8H,1-5H3,(H,17,18). The molecule has 3 nitrogen and oxygen atoms in total. The van der Waals surface area contributed by atoms with Crippen LogP contribution in [0.4, 0.5) is 0 Å². The fraction of sp³-hybridized carbons (Fsp3) is 0.400. The molecule has 1 aromatic carbocycles. The van der Waals surface area contributed by atoms with Crippen molar-refractivity contribution in [2.45, 2.75) is 33.1 Å². The second-order valence-corrected chi connectivity index (χ2v) is 6.44. The molecule has 0 atom stereocenters. The van der Waals surface area contributed by atoms with Crippen molar-refractivity contribution in [2.24, 2.45) is 0 Å². The number of imidazole rings is 1. The number of aromatic amines is 1. The van der Waals surface area contributed by atoms with Gasteiger partial charge in [0.05, 0.1) is 7.11 Å². The molecule has 0 fully saturated rings. The number of hydrogen-bond acceptors (Lipinski definition) is 2. The van der Waals surface area contributed by atoms with Gasteiger partial charge in [-0.15, -0.1) is 0 Å². The molecule has 0 unspecified atom stereocenters. The molecule has 102 valence electrons. The lowest BCUT2D eigenvalue weighted by molar-refractivity contribution is 0.397. The van der Waals surface area contributed by atoms with E-state index in [4.69, 9.17) is 4.74 Å². The van der Waals surface area contributed by atoms with E-state index in [1.165, 1.54) is 5.56 Å². The van der Waals surface area contributed by atoms with Gasteiger partial charge in [0.2, 0.25) is 0 Å². The average Bonchev–Trinajstić information content (AvgIpc) is 2.66. The molecule has 0 aliphatic carbocycles. The second kappa shape index (κ2) is 5.00. The normalized spacial score (nSPS) is 11.7. The molecule has 0 spiro atoms. The topological polar surface area (TPSA) is 37.9 Å². The van der Waals surface area contributed by atoms with E-state index < -0.39 is 0 Å². The number of nitrogens with zero attached hydrogens (tertiary/aromatic N) is 1. The van der Waals surface area contributed by atoms with Crippen molar-refractivity contribution in [3.63, 3.8) is 0 Å². The van der Waals surface area contributed by atoms with Crippen LogP contribution in [0.2, 0.25) is 0 Å². The van der Waals surface area contributed by atoms with Crippen molar-refractivity contribution < 1.29 is 4.74 Å². The first kappa shape index (κ1) is 14.1. The SMILES string of the molecule is COc1ccc(-c2nc(C)[nH]c2Br)cc1C(C)(C)C. The van der Waals surface area contributed by atoms with Crippen LogP contribution in [-0.2, 0) is 5.41 Å². The molecule has 0 aliphatic rings. The van der Waals surface area contributed by atoms with Crippen LogP contribution in [0.5, 0.6) is 5.75 Å². The summed E-state index contributed by atoms with van der Waals surface area (Å²) in [5.74, 6) is 1.81. The molecule has 2 rings (SSSR count). The number of aromatic nitrogens is 2. The van der Waals surface area contributed by atoms with Crippen molar-refractivity contribution in [3.8, 4) is 17.0 Å². The van der Waals surface area contributed by atoms with Crippen LogP contribution in [0.25, 0.3) is 11.3 Å². The Bertz CT molecular complexity index is 597. The Morgan fingerprint density at radius 3 is 2.42 bits per heavy atom. The van der Waals surface area contributed by atoms with Crippen LogP contribution in [-0.4, -0.2) is 17.1 Å². The van der Waals surface area contributed by atoms with E-state index in [2.05, 4.69) is 52.7 Å². The monoisotopic (exact) mass is 322 g/mol. The highest BCUT2D eigenvalue weighted by Crippen LogP contribution is 2.36. The molecule has 0 radical (unpaired) electrons. The summed E-state index contributed by atoms with van der Waals surface area (Å²) in [7, 11) is 1.71. The molecule has 2 aromatic rings. The Balaban J connectivity index is 2.58. The minimum atomic E-state index is 0.0270. The van der Waals surface area contributed by atoms with Gasteiger partial charge in [-0.25, -0.2) is 4.98 Å². The van der Waals surface area contributed by atoms with Gasteiger partial charge >= 0.3 is 0 Å². The molecule has 1 N–H and O–H groups in total. The predicted molar refractivity (Wildman–Crippen MR) is 81.7 cm³/mol. The molecule has 1 heterocycles. The van der Waals surface area contributed by atoms with E-state index in [0.717, 1.165) is 27.4 Å². The summed E-state index contributed by atoms with van der Waals surface area (Å²) in [5, 5.41) is 0. The van der Waals surface area contributed by atoms with E-state index in [9.17, 15) is 0 Å². The van der Waals surface area contributed by atoms with Gasteiger partial charge < -0.3 is 9.72 Å². The van der Waals surface area contributed by atoms with E-state index in [0.29, 0.717) is 0 Å². The van der Waals surface area contributed by atoms with Crippen molar-refractivity contribution in [3.05, 3.63) is 34.2 Å². The number of methoxy groups -OCH3 is 1. The molecule has 0 saturated carbocycles. The molecule has 0 saturated heterocycles. The van der Waals surface area contributed by atoms with Crippen molar-refractivity contribution in [1.82, 2.24) is 9.97 Å². The summed E-state index contributed by atoms with van der Waals surface area (Å²) in [6.45, 7) is 8.49. The molecule has 0 bridgehead atoms. The maximum atomic E-state index is 5.46. The highest BCUT2D eigenvalue weighted by Gasteiger charge is 2.20. The number of benzene rings is 1. The largest absolute Gasteiger partial charge is 0.496 e. The lowest BCUT2D eigenvalue weighted by atomic mass is 9.85. The fourth-order valence-corrected chi connectivity index (χ4v) is 2.70. The minimum absolute atomic E-state index is 0.0270. The van der Waals surface area contributed by atoms with Crippen LogP contribution in [0.15, 0.2) is 22.8 Å². The van der Waals surface area contributed by atoms with E-state index in [-0.39, 0.29) is 5.41 Å². The third-order valence-electron chi connectivity index (χ3n) is 3.06. The molecule has 0 aliphatic heterocycles. The van der Waals surface area contributed by atoms with Crippen molar-refractivity contribution in [2.75, 3.05) is 7.11 Å². The van der Waals surface area contributed by atoms with E-state index in [1.54, 1.807) is 7.11 Å². The number of halogens is 1. The summed E-state index contributed by atoms with van der Waals surface area (Å²) < 4.78 is 6.37.